The maximum atomic E-state index is 12.2. The normalized spacial score (nSPS) is 14.3. The number of anilines is 1. The molecule has 0 bridgehead atoms. The number of ether oxygens (including phenoxy) is 1. The van der Waals surface area contributed by atoms with E-state index in [1.54, 1.807) is 4.90 Å². The number of carbonyl (C=O) groups excluding carboxylic acids is 1. The van der Waals surface area contributed by atoms with Gasteiger partial charge in [0.25, 0.3) is 5.91 Å². The Morgan fingerprint density at radius 3 is 2.82 bits per heavy atom. The van der Waals surface area contributed by atoms with Crippen molar-refractivity contribution < 1.29 is 9.53 Å². The van der Waals surface area contributed by atoms with E-state index in [4.69, 9.17) is 4.74 Å². The van der Waals surface area contributed by atoms with Gasteiger partial charge in [-0.2, -0.15) is 0 Å². The fourth-order valence-electron chi connectivity index (χ4n) is 1.90. The molecule has 17 heavy (non-hydrogen) atoms. The van der Waals surface area contributed by atoms with Crippen molar-refractivity contribution in [3.05, 3.63) is 23.8 Å². The zero-order valence-electron chi connectivity index (χ0n) is 10.6. The topological polar surface area (TPSA) is 32.8 Å². The summed E-state index contributed by atoms with van der Waals surface area (Å²) in [5.74, 6) is 0.754. The highest BCUT2D eigenvalue weighted by Crippen LogP contribution is 2.28. The molecule has 0 saturated carbocycles. The van der Waals surface area contributed by atoms with Gasteiger partial charge in [0.2, 0.25) is 0 Å². The van der Waals surface area contributed by atoms with Gasteiger partial charge in [-0.25, -0.2) is 0 Å². The number of fused-ring (bicyclic) bond motifs is 1. The third-order valence-electron chi connectivity index (χ3n) is 2.87. The lowest BCUT2D eigenvalue weighted by molar-refractivity contribution is 0.0522. The van der Waals surface area contributed by atoms with E-state index in [2.05, 4.69) is 6.92 Å². The molecule has 0 radical (unpaired) electrons. The highest BCUT2D eigenvalue weighted by atomic mass is 16.5. The molecule has 1 heterocycles. The average molecular weight is 234 g/mol. The molecule has 92 valence electrons. The van der Waals surface area contributed by atoms with Crippen molar-refractivity contribution >= 4 is 11.6 Å². The van der Waals surface area contributed by atoms with Gasteiger partial charge < -0.3 is 14.5 Å². The van der Waals surface area contributed by atoms with Crippen molar-refractivity contribution in [2.45, 2.75) is 13.3 Å². The molecular formula is C13H18N2O2. The van der Waals surface area contributed by atoms with Crippen LogP contribution in [0.15, 0.2) is 18.2 Å². The van der Waals surface area contributed by atoms with E-state index in [1.807, 2.05) is 37.2 Å². The van der Waals surface area contributed by atoms with Crippen LogP contribution in [-0.2, 0) is 0 Å². The second kappa shape index (κ2) is 4.65. The van der Waals surface area contributed by atoms with Crippen molar-refractivity contribution in [1.82, 2.24) is 4.90 Å². The van der Waals surface area contributed by atoms with E-state index < -0.39 is 0 Å². The van der Waals surface area contributed by atoms with E-state index in [9.17, 15) is 4.79 Å². The van der Waals surface area contributed by atoms with Crippen LogP contribution in [0.2, 0.25) is 0 Å². The van der Waals surface area contributed by atoms with Crippen LogP contribution in [-0.4, -0.2) is 38.2 Å². The Kier molecular flexibility index (Phi) is 3.22. The summed E-state index contributed by atoms with van der Waals surface area (Å²) < 4.78 is 5.58. The summed E-state index contributed by atoms with van der Waals surface area (Å²) in [6.45, 7) is 3.16. The number of amides is 1. The largest absolute Gasteiger partial charge is 0.472 e. The highest BCUT2D eigenvalue weighted by Gasteiger charge is 2.25. The van der Waals surface area contributed by atoms with Crippen LogP contribution in [0.4, 0.5) is 5.69 Å². The number of carbonyl (C=O) groups is 1. The molecule has 1 aliphatic heterocycles. The maximum absolute atomic E-state index is 12.2. The minimum absolute atomic E-state index is 0.0665. The Bertz CT molecular complexity index is 429. The number of benzene rings is 1. The fraction of sp³-hybridized carbons (Fsp3) is 0.462. The number of nitrogens with zero attached hydrogens (tertiary/aromatic N) is 2. The Morgan fingerprint density at radius 2 is 2.18 bits per heavy atom. The zero-order chi connectivity index (χ0) is 12.4. The van der Waals surface area contributed by atoms with Crippen LogP contribution in [0.5, 0.6) is 5.75 Å². The van der Waals surface area contributed by atoms with Crippen molar-refractivity contribution in [1.29, 1.82) is 0 Å². The van der Waals surface area contributed by atoms with Gasteiger partial charge in [-0.05, 0) is 24.6 Å². The summed E-state index contributed by atoms with van der Waals surface area (Å²) in [6, 6.07) is 5.72. The van der Waals surface area contributed by atoms with Crippen LogP contribution in [0.1, 0.15) is 23.7 Å². The molecule has 0 saturated heterocycles. The molecule has 4 heteroatoms. The van der Waals surface area contributed by atoms with Gasteiger partial charge >= 0.3 is 0 Å². The summed E-state index contributed by atoms with van der Waals surface area (Å²) in [6.07, 6.45) is 0.942. The van der Waals surface area contributed by atoms with Crippen LogP contribution in [0, 0.1) is 0 Å². The van der Waals surface area contributed by atoms with E-state index in [0.717, 1.165) is 18.7 Å². The van der Waals surface area contributed by atoms with E-state index >= 15 is 0 Å². The van der Waals surface area contributed by atoms with Crippen molar-refractivity contribution in [3.8, 4) is 5.75 Å². The van der Waals surface area contributed by atoms with E-state index in [-0.39, 0.29) is 5.91 Å². The van der Waals surface area contributed by atoms with Gasteiger partial charge in [-0.1, -0.05) is 6.92 Å². The molecule has 0 atom stereocenters. The predicted octanol–water partition coefficient (Wildman–Crippen LogP) is 1.95. The van der Waals surface area contributed by atoms with Crippen molar-refractivity contribution in [3.63, 3.8) is 0 Å². The Hall–Kier alpha value is -1.71. The van der Waals surface area contributed by atoms with Crippen LogP contribution in [0.25, 0.3) is 0 Å². The molecule has 1 aromatic carbocycles. The van der Waals surface area contributed by atoms with Gasteiger partial charge in [0.05, 0.1) is 5.56 Å². The van der Waals surface area contributed by atoms with Crippen LogP contribution >= 0.6 is 0 Å². The smallest absolute Gasteiger partial charge is 0.260 e. The summed E-state index contributed by atoms with van der Waals surface area (Å²) in [5.41, 5.74) is 1.68. The predicted molar refractivity (Wildman–Crippen MR) is 67.6 cm³/mol. The molecule has 0 aromatic heterocycles. The van der Waals surface area contributed by atoms with Gasteiger partial charge in [0.15, 0.2) is 6.73 Å². The van der Waals surface area contributed by atoms with Gasteiger partial charge in [0, 0.05) is 26.3 Å². The molecule has 1 aromatic rings. The second-order valence-electron chi connectivity index (χ2n) is 4.42. The molecule has 2 rings (SSSR count). The molecule has 0 aliphatic carbocycles. The van der Waals surface area contributed by atoms with Crippen LogP contribution in [0.3, 0.4) is 0 Å². The molecule has 4 nitrogen and oxygen atoms in total. The standard InChI is InChI=1S/C13H18N2O2/c1-4-7-15-9-17-12-6-5-10(14(2)3)8-11(12)13(15)16/h5-6,8H,4,7,9H2,1-3H3. The minimum Gasteiger partial charge on any atom is -0.472 e. The quantitative estimate of drug-likeness (QED) is 0.801. The minimum atomic E-state index is 0.0665. The highest BCUT2D eigenvalue weighted by molar-refractivity contribution is 5.98. The number of hydrogen-bond acceptors (Lipinski definition) is 3. The van der Waals surface area contributed by atoms with Gasteiger partial charge in [0.1, 0.15) is 5.75 Å². The molecule has 0 N–H and O–H groups in total. The molecule has 0 fully saturated rings. The molecule has 1 amide bonds. The van der Waals surface area contributed by atoms with E-state index in [1.165, 1.54) is 0 Å². The summed E-state index contributed by atoms with van der Waals surface area (Å²) in [4.78, 5) is 15.9. The third-order valence-corrected chi connectivity index (χ3v) is 2.87. The Balaban J connectivity index is 2.33. The van der Waals surface area contributed by atoms with Crippen molar-refractivity contribution in [2.24, 2.45) is 0 Å². The molecular weight excluding hydrogens is 216 g/mol. The lowest BCUT2D eigenvalue weighted by atomic mass is 10.1. The first-order valence-corrected chi connectivity index (χ1v) is 5.87. The van der Waals surface area contributed by atoms with Crippen LogP contribution < -0.4 is 9.64 Å². The number of rotatable bonds is 3. The fourth-order valence-corrected chi connectivity index (χ4v) is 1.90. The van der Waals surface area contributed by atoms with E-state index in [0.29, 0.717) is 18.0 Å². The molecule has 1 aliphatic rings. The lowest BCUT2D eigenvalue weighted by Crippen LogP contribution is -2.39. The SMILES string of the molecule is CCCN1COc2ccc(N(C)C)cc2C1=O. The van der Waals surface area contributed by atoms with Gasteiger partial charge in [-0.15, -0.1) is 0 Å². The first kappa shape index (κ1) is 11.8. The summed E-state index contributed by atoms with van der Waals surface area (Å²) in [7, 11) is 3.92. The first-order valence-electron chi connectivity index (χ1n) is 5.87. The Labute approximate surface area is 102 Å². The van der Waals surface area contributed by atoms with Crippen molar-refractivity contribution in [2.75, 3.05) is 32.3 Å². The number of hydrogen-bond donors (Lipinski definition) is 0. The maximum Gasteiger partial charge on any atom is 0.260 e. The third kappa shape index (κ3) is 2.20. The summed E-state index contributed by atoms with van der Waals surface area (Å²) >= 11 is 0. The monoisotopic (exact) mass is 234 g/mol. The Morgan fingerprint density at radius 1 is 1.41 bits per heavy atom. The summed E-state index contributed by atoms with van der Waals surface area (Å²) in [5, 5.41) is 0. The molecule has 0 unspecified atom stereocenters. The average Bonchev–Trinajstić information content (AvgIpc) is 2.32. The molecule has 0 spiro atoms. The second-order valence-corrected chi connectivity index (χ2v) is 4.42. The van der Waals surface area contributed by atoms with Gasteiger partial charge in [-0.3, -0.25) is 4.79 Å². The zero-order valence-corrected chi connectivity index (χ0v) is 10.6. The lowest BCUT2D eigenvalue weighted by Gasteiger charge is -2.29. The first-order chi connectivity index (χ1) is 8.13.